The highest BCUT2D eigenvalue weighted by molar-refractivity contribution is 7.13. The first-order valence-corrected chi connectivity index (χ1v) is 11.6. The van der Waals surface area contributed by atoms with E-state index in [0.29, 0.717) is 22.0 Å². The SMILES string of the molecule is COc1ccccc1C(=O)CCC(=O)Nc1cccc(-c2csc(-c3ccccc3Cl)n2)c1. The Bertz CT molecular complexity index is 1300. The Balaban J connectivity index is 1.41. The van der Waals surface area contributed by atoms with Crippen LogP contribution in [-0.2, 0) is 4.79 Å². The molecule has 0 saturated heterocycles. The van der Waals surface area contributed by atoms with Gasteiger partial charge in [-0.05, 0) is 30.3 Å². The third-order valence-corrected chi connectivity index (χ3v) is 6.24. The molecule has 0 unspecified atom stereocenters. The molecule has 4 aromatic rings. The molecule has 4 rings (SSSR count). The first kappa shape index (κ1) is 22.7. The number of rotatable bonds is 8. The molecule has 0 radical (unpaired) electrons. The maximum Gasteiger partial charge on any atom is 0.224 e. The van der Waals surface area contributed by atoms with Crippen molar-refractivity contribution in [2.75, 3.05) is 12.4 Å². The second kappa shape index (κ2) is 10.4. The summed E-state index contributed by atoms with van der Waals surface area (Å²) in [5, 5.41) is 6.32. The van der Waals surface area contributed by atoms with Crippen LogP contribution in [0, 0.1) is 0 Å². The lowest BCUT2D eigenvalue weighted by atomic mass is 10.1. The zero-order chi connectivity index (χ0) is 23.2. The molecule has 33 heavy (non-hydrogen) atoms. The van der Waals surface area contributed by atoms with Gasteiger partial charge in [0.25, 0.3) is 0 Å². The Morgan fingerprint density at radius 3 is 2.61 bits per heavy atom. The van der Waals surface area contributed by atoms with E-state index in [4.69, 9.17) is 21.3 Å². The molecule has 0 aliphatic rings. The van der Waals surface area contributed by atoms with Crippen LogP contribution in [0.3, 0.4) is 0 Å². The van der Waals surface area contributed by atoms with Gasteiger partial charge in [0.15, 0.2) is 5.78 Å². The van der Waals surface area contributed by atoms with Crippen molar-refractivity contribution in [3.63, 3.8) is 0 Å². The molecule has 1 N–H and O–H groups in total. The number of methoxy groups -OCH3 is 1. The number of benzene rings is 3. The molecule has 0 saturated carbocycles. The standard InChI is InChI=1S/C26H21ClN2O3S/c1-32-24-12-5-3-10-20(24)23(30)13-14-25(31)28-18-8-6-7-17(15-18)22-16-33-26(29-22)19-9-2-4-11-21(19)27/h2-12,15-16H,13-14H2,1H3,(H,28,31). The number of carbonyl (C=O) groups is 2. The van der Waals surface area contributed by atoms with Crippen molar-refractivity contribution in [1.82, 2.24) is 4.98 Å². The number of hydrogen-bond acceptors (Lipinski definition) is 5. The van der Waals surface area contributed by atoms with Gasteiger partial charge in [-0.1, -0.05) is 54.1 Å². The minimum absolute atomic E-state index is 0.0778. The van der Waals surface area contributed by atoms with Crippen LogP contribution in [0.25, 0.3) is 21.8 Å². The number of carbonyl (C=O) groups excluding carboxylic acids is 2. The minimum atomic E-state index is -0.231. The van der Waals surface area contributed by atoms with Gasteiger partial charge in [0.1, 0.15) is 10.8 Å². The molecule has 0 fully saturated rings. The van der Waals surface area contributed by atoms with Crippen LogP contribution < -0.4 is 10.1 Å². The quantitative estimate of drug-likeness (QED) is 0.286. The zero-order valence-corrected chi connectivity index (χ0v) is 19.5. The number of para-hydroxylation sites is 1. The molecule has 0 bridgehead atoms. The smallest absolute Gasteiger partial charge is 0.224 e. The maximum absolute atomic E-state index is 12.5. The van der Waals surface area contributed by atoms with Crippen molar-refractivity contribution in [2.45, 2.75) is 12.8 Å². The van der Waals surface area contributed by atoms with Crippen molar-refractivity contribution in [3.05, 3.63) is 88.8 Å². The van der Waals surface area contributed by atoms with Gasteiger partial charge < -0.3 is 10.1 Å². The molecular formula is C26H21ClN2O3S. The third-order valence-electron chi connectivity index (χ3n) is 5.04. The number of Topliss-reactive ketones (excluding diaryl/α,β-unsaturated/α-hetero) is 1. The molecule has 7 heteroatoms. The number of aromatic nitrogens is 1. The molecule has 3 aromatic carbocycles. The molecule has 166 valence electrons. The Morgan fingerprint density at radius 1 is 1.00 bits per heavy atom. The van der Waals surface area contributed by atoms with Gasteiger partial charge in [-0.2, -0.15) is 0 Å². The number of ether oxygens (including phenoxy) is 1. The van der Waals surface area contributed by atoms with E-state index in [2.05, 4.69) is 5.32 Å². The molecular weight excluding hydrogens is 456 g/mol. The Hall–Kier alpha value is -3.48. The van der Waals surface area contributed by atoms with Crippen LogP contribution in [-0.4, -0.2) is 23.8 Å². The summed E-state index contributed by atoms with van der Waals surface area (Å²) < 4.78 is 5.23. The van der Waals surface area contributed by atoms with E-state index in [0.717, 1.165) is 21.8 Å². The lowest BCUT2D eigenvalue weighted by Crippen LogP contribution is -2.13. The van der Waals surface area contributed by atoms with Crippen LogP contribution in [0.5, 0.6) is 5.75 Å². The number of thiazole rings is 1. The lowest BCUT2D eigenvalue weighted by Gasteiger charge is -2.08. The molecule has 1 heterocycles. The Kier molecular flexibility index (Phi) is 7.17. The van der Waals surface area contributed by atoms with Gasteiger partial charge in [-0.25, -0.2) is 4.98 Å². The summed E-state index contributed by atoms with van der Waals surface area (Å²) in [6, 6.07) is 22.1. The minimum Gasteiger partial charge on any atom is -0.496 e. The number of nitrogens with zero attached hydrogens (tertiary/aromatic N) is 1. The van der Waals surface area contributed by atoms with Gasteiger partial charge in [0, 0.05) is 35.0 Å². The zero-order valence-electron chi connectivity index (χ0n) is 17.9. The topological polar surface area (TPSA) is 68.3 Å². The molecule has 5 nitrogen and oxygen atoms in total. The van der Waals surface area contributed by atoms with Gasteiger partial charge in [-0.3, -0.25) is 9.59 Å². The molecule has 0 aliphatic carbocycles. The number of amides is 1. The average Bonchev–Trinajstić information content (AvgIpc) is 3.33. The highest BCUT2D eigenvalue weighted by Gasteiger charge is 2.14. The molecule has 1 aromatic heterocycles. The number of nitrogens with one attached hydrogen (secondary N) is 1. The van der Waals surface area contributed by atoms with E-state index >= 15 is 0 Å². The van der Waals surface area contributed by atoms with Gasteiger partial charge >= 0.3 is 0 Å². The second-order valence-electron chi connectivity index (χ2n) is 7.27. The third kappa shape index (κ3) is 5.48. The van der Waals surface area contributed by atoms with Crippen LogP contribution in [0.1, 0.15) is 23.2 Å². The normalized spacial score (nSPS) is 10.6. The van der Waals surface area contributed by atoms with Crippen LogP contribution in [0.4, 0.5) is 5.69 Å². The first-order valence-electron chi connectivity index (χ1n) is 10.3. The molecule has 1 amide bonds. The largest absolute Gasteiger partial charge is 0.496 e. The average molecular weight is 477 g/mol. The van der Waals surface area contributed by atoms with Gasteiger partial charge in [0.2, 0.25) is 5.91 Å². The summed E-state index contributed by atoms with van der Waals surface area (Å²) >= 11 is 7.81. The van der Waals surface area contributed by atoms with Crippen molar-refractivity contribution in [1.29, 1.82) is 0 Å². The predicted octanol–water partition coefficient (Wildman–Crippen LogP) is 6.74. The lowest BCUT2D eigenvalue weighted by molar-refractivity contribution is -0.116. The predicted molar refractivity (Wildman–Crippen MR) is 133 cm³/mol. The van der Waals surface area contributed by atoms with E-state index in [9.17, 15) is 9.59 Å². The maximum atomic E-state index is 12.5. The van der Waals surface area contributed by atoms with E-state index in [1.54, 1.807) is 24.3 Å². The van der Waals surface area contributed by atoms with Crippen LogP contribution >= 0.6 is 22.9 Å². The fourth-order valence-corrected chi connectivity index (χ4v) is 4.53. The Morgan fingerprint density at radius 2 is 1.79 bits per heavy atom. The van der Waals surface area contributed by atoms with E-state index in [1.165, 1.54) is 18.4 Å². The molecule has 0 atom stereocenters. The fourth-order valence-electron chi connectivity index (χ4n) is 3.38. The van der Waals surface area contributed by atoms with E-state index in [1.807, 2.05) is 53.9 Å². The van der Waals surface area contributed by atoms with E-state index in [-0.39, 0.29) is 24.5 Å². The summed E-state index contributed by atoms with van der Waals surface area (Å²) in [6.07, 6.45) is 0.174. The molecule has 0 aliphatic heterocycles. The second-order valence-corrected chi connectivity index (χ2v) is 8.54. The monoisotopic (exact) mass is 476 g/mol. The number of hydrogen-bond donors (Lipinski definition) is 1. The van der Waals surface area contributed by atoms with E-state index < -0.39 is 0 Å². The summed E-state index contributed by atoms with van der Waals surface area (Å²) in [4.78, 5) is 29.6. The fraction of sp³-hybridized carbons (Fsp3) is 0.115. The number of halogens is 1. The van der Waals surface area contributed by atoms with Crippen LogP contribution in [0.2, 0.25) is 5.02 Å². The van der Waals surface area contributed by atoms with Gasteiger partial charge in [0.05, 0.1) is 23.4 Å². The number of ketones is 1. The van der Waals surface area contributed by atoms with Crippen molar-refractivity contribution < 1.29 is 14.3 Å². The van der Waals surface area contributed by atoms with Crippen molar-refractivity contribution in [3.8, 4) is 27.6 Å². The first-order chi connectivity index (χ1) is 16.0. The highest BCUT2D eigenvalue weighted by atomic mass is 35.5. The highest BCUT2D eigenvalue weighted by Crippen LogP contribution is 2.33. The summed E-state index contributed by atoms with van der Waals surface area (Å²) in [5.74, 6) is 0.145. The molecule has 0 spiro atoms. The van der Waals surface area contributed by atoms with Crippen molar-refractivity contribution in [2.24, 2.45) is 0 Å². The summed E-state index contributed by atoms with van der Waals surface area (Å²) in [5.41, 5.74) is 3.70. The van der Waals surface area contributed by atoms with Gasteiger partial charge in [-0.15, -0.1) is 11.3 Å². The Labute approximate surface area is 201 Å². The van der Waals surface area contributed by atoms with Crippen LogP contribution in [0.15, 0.2) is 78.2 Å². The summed E-state index contributed by atoms with van der Waals surface area (Å²) in [7, 11) is 1.52. The summed E-state index contributed by atoms with van der Waals surface area (Å²) in [6.45, 7) is 0. The van der Waals surface area contributed by atoms with Crippen molar-refractivity contribution >= 4 is 40.3 Å². The number of anilines is 1.